The Balaban J connectivity index is 1.44. The summed E-state index contributed by atoms with van der Waals surface area (Å²) in [5, 5.41) is 15.6. The quantitative estimate of drug-likeness (QED) is 0.407. The van der Waals surface area contributed by atoms with Gasteiger partial charge in [0.25, 0.3) is 0 Å². The Labute approximate surface area is 246 Å². The number of benzene rings is 1. The lowest BCUT2D eigenvalue weighted by Gasteiger charge is -2.30. The summed E-state index contributed by atoms with van der Waals surface area (Å²) >= 11 is 0. The number of allylic oxidation sites excluding steroid dienone is 1. The van der Waals surface area contributed by atoms with E-state index in [0.29, 0.717) is 25.0 Å². The fourth-order valence-electron chi connectivity index (χ4n) is 5.69. The molecule has 0 radical (unpaired) electrons. The van der Waals surface area contributed by atoms with Gasteiger partial charge in [0, 0.05) is 18.0 Å². The Morgan fingerprint density at radius 2 is 2.09 bits per heavy atom. The van der Waals surface area contributed by atoms with Gasteiger partial charge in [-0.15, -0.1) is 0 Å². The number of nitrogens with zero attached hydrogens (tertiary/aromatic N) is 2. The summed E-state index contributed by atoms with van der Waals surface area (Å²) in [5.74, 6) is -2.70. The zero-order valence-corrected chi connectivity index (χ0v) is 23.3. The first-order chi connectivity index (χ1) is 20.5. The average molecular weight is 603 g/mol. The number of halogens is 3. The lowest BCUT2D eigenvalue weighted by atomic mass is 10.0. The fraction of sp³-hybridized carbons (Fsp3) is 0.467. The number of aliphatic carboxylic acids is 1. The van der Waals surface area contributed by atoms with E-state index >= 15 is 0 Å². The minimum Gasteiger partial charge on any atom is -0.479 e. The maximum atomic E-state index is 14.1. The molecule has 5 rings (SSSR count). The zero-order chi connectivity index (χ0) is 30.8. The molecule has 43 heavy (non-hydrogen) atoms. The summed E-state index contributed by atoms with van der Waals surface area (Å²) in [7, 11) is 0. The summed E-state index contributed by atoms with van der Waals surface area (Å²) in [6.45, 7) is 3.57. The van der Waals surface area contributed by atoms with E-state index in [1.807, 2.05) is 12.2 Å². The van der Waals surface area contributed by atoms with Crippen LogP contribution in [0.1, 0.15) is 56.2 Å². The second-order valence-corrected chi connectivity index (χ2v) is 11.1. The Hall–Kier alpha value is -4.29. The molecule has 10 nitrogen and oxygen atoms in total. The van der Waals surface area contributed by atoms with Crippen LogP contribution in [0, 0.1) is 5.92 Å². The summed E-state index contributed by atoms with van der Waals surface area (Å²) in [6, 6.07) is 2.56. The Kier molecular flexibility index (Phi) is 8.52. The third-order valence-electron chi connectivity index (χ3n) is 8.13. The van der Waals surface area contributed by atoms with Crippen LogP contribution in [0.4, 0.5) is 18.9 Å². The van der Waals surface area contributed by atoms with Crippen LogP contribution in [0.3, 0.4) is 0 Å². The Morgan fingerprint density at radius 3 is 2.81 bits per heavy atom. The fourth-order valence-corrected chi connectivity index (χ4v) is 5.69. The molecule has 5 atom stereocenters. The number of rotatable bonds is 6. The van der Waals surface area contributed by atoms with Gasteiger partial charge in [0.2, 0.25) is 11.8 Å². The highest BCUT2D eigenvalue weighted by Gasteiger charge is 2.61. The van der Waals surface area contributed by atoms with Crippen molar-refractivity contribution in [2.24, 2.45) is 5.92 Å². The molecule has 1 aromatic carbocycles. The topological polar surface area (TPSA) is 134 Å². The van der Waals surface area contributed by atoms with E-state index in [1.54, 1.807) is 0 Å². The van der Waals surface area contributed by atoms with Crippen LogP contribution in [0.15, 0.2) is 53.7 Å². The van der Waals surface area contributed by atoms with Crippen LogP contribution in [-0.4, -0.2) is 63.0 Å². The number of aromatic nitrogens is 1. The lowest BCUT2D eigenvalue weighted by Crippen LogP contribution is -2.55. The van der Waals surface area contributed by atoms with Gasteiger partial charge in [-0.25, -0.2) is 4.79 Å². The summed E-state index contributed by atoms with van der Waals surface area (Å²) < 4.78 is 51.3. The number of carboxylic acids is 1. The lowest BCUT2D eigenvalue weighted by molar-refractivity contribution is -0.145. The molecule has 0 bridgehead atoms. The highest BCUT2D eigenvalue weighted by atomic mass is 19.4. The number of fused-ring (bicyclic) bond motifs is 2. The van der Waals surface area contributed by atoms with E-state index in [9.17, 15) is 32.7 Å². The third-order valence-corrected chi connectivity index (χ3v) is 8.13. The van der Waals surface area contributed by atoms with Crippen LogP contribution in [0.2, 0.25) is 0 Å². The molecular formula is C30H33F3N4O6. The van der Waals surface area contributed by atoms with E-state index in [2.05, 4.69) is 22.2 Å². The number of carboxylic acid groups (broad SMARTS) is 1. The van der Waals surface area contributed by atoms with E-state index in [1.165, 1.54) is 29.4 Å². The highest BCUT2D eigenvalue weighted by Crippen LogP contribution is 2.45. The van der Waals surface area contributed by atoms with Crippen LogP contribution in [0.25, 0.3) is 6.08 Å². The molecule has 2 aliphatic heterocycles. The molecule has 3 aliphatic rings. The van der Waals surface area contributed by atoms with Gasteiger partial charge < -0.3 is 29.8 Å². The predicted octanol–water partition coefficient (Wildman–Crippen LogP) is 4.65. The molecular weight excluding hydrogens is 569 g/mol. The highest BCUT2D eigenvalue weighted by molar-refractivity contribution is 5.96. The molecule has 1 aliphatic carbocycles. The molecule has 230 valence electrons. The number of amides is 2. The maximum absolute atomic E-state index is 14.1. The largest absolute Gasteiger partial charge is 0.479 e. The van der Waals surface area contributed by atoms with Gasteiger partial charge in [-0.1, -0.05) is 37.6 Å². The second-order valence-electron chi connectivity index (χ2n) is 11.1. The maximum Gasteiger partial charge on any atom is 0.416 e. The van der Waals surface area contributed by atoms with E-state index in [-0.39, 0.29) is 37.1 Å². The molecule has 3 N–H and O–H groups in total. The minimum atomic E-state index is -4.56. The number of anilines is 1. The molecule has 1 saturated carbocycles. The van der Waals surface area contributed by atoms with Crippen LogP contribution >= 0.6 is 0 Å². The third kappa shape index (κ3) is 6.70. The SMILES string of the molecule is C=Cc1coc(O[C@@H]2C[C@H]3C(=O)N[C@]4(C(=O)O)C[C@H]4/C=C\CCCCC[C@H](Nc4cccc(C(F)(F)F)c4)C(=O)N3C2)n1. The van der Waals surface area contributed by atoms with Gasteiger partial charge in [-0.2, -0.15) is 18.2 Å². The van der Waals surface area contributed by atoms with E-state index < -0.39 is 53.2 Å². The van der Waals surface area contributed by atoms with Gasteiger partial charge in [0.15, 0.2) is 0 Å². The molecule has 2 fully saturated rings. The number of carbonyl (C=O) groups excluding carboxylic acids is 2. The molecule has 1 saturated heterocycles. The Bertz CT molecular complexity index is 1410. The van der Waals surface area contributed by atoms with Crippen molar-refractivity contribution in [1.29, 1.82) is 0 Å². The molecule has 1 aromatic heterocycles. The number of alkyl halides is 3. The van der Waals surface area contributed by atoms with Crippen molar-refractivity contribution < 1.29 is 41.8 Å². The van der Waals surface area contributed by atoms with Crippen LogP contribution in [0.5, 0.6) is 6.08 Å². The summed E-state index contributed by atoms with van der Waals surface area (Å²) in [5.41, 5.74) is -1.79. The first-order valence-electron chi connectivity index (χ1n) is 14.2. The number of carbonyl (C=O) groups is 3. The second kappa shape index (κ2) is 12.1. The van der Waals surface area contributed by atoms with E-state index in [4.69, 9.17) is 9.15 Å². The number of ether oxygens (including phenoxy) is 1. The predicted molar refractivity (Wildman–Crippen MR) is 149 cm³/mol. The zero-order valence-electron chi connectivity index (χ0n) is 23.3. The van der Waals surface area contributed by atoms with Crippen molar-refractivity contribution in [1.82, 2.24) is 15.2 Å². The molecule has 2 aromatic rings. The molecule has 3 heterocycles. The smallest absolute Gasteiger partial charge is 0.416 e. The number of hydrogen-bond donors (Lipinski definition) is 3. The monoisotopic (exact) mass is 602 g/mol. The van der Waals surface area contributed by atoms with Crippen molar-refractivity contribution in [3.63, 3.8) is 0 Å². The molecule has 13 heteroatoms. The summed E-state index contributed by atoms with van der Waals surface area (Å²) in [6.07, 6.45) is 4.53. The number of hydrogen-bond acceptors (Lipinski definition) is 7. The van der Waals surface area contributed by atoms with Gasteiger partial charge in [-0.3, -0.25) is 9.59 Å². The van der Waals surface area contributed by atoms with Crippen molar-refractivity contribution in [3.05, 3.63) is 60.5 Å². The summed E-state index contributed by atoms with van der Waals surface area (Å²) in [4.78, 5) is 45.4. The molecule has 0 unspecified atom stereocenters. The number of nitrogens with one attached hydrogen (secondary N) is 2. The normalized spacial score (nSPS) is 28.9. The minimum absolute atomic E-state index is 0.0237. The first kappa shape index (κ1) is 30.2. The van der Waals surface area contributed by atoms with Gasteiger partial charge in [0.05, 0.1) is 12.1 Å². The average Bonchev–Trinajstić information content (AvgIpc) is 3.27. The van der Waals surface area contributed by atoms with Crippen molar-refractivity contribution in [2.75, 3.05) is 11.9 Å². The van der Waals surface area contributed by atoms with E-state index in [0.717, 1.165) is 25.0 Å². The van der Waals surface area contributed by atoms with Gasteiger partial charge >= 0.3 is 18.2 Å². The molecule has 0 spiro atoms. The van der Waals surface area contributed by atoms with Crippen molar-refractivity contribution in [3.8, 4) is 6.08 Å². The van der Waals surface area contributed by atoms with Gasteiger partial charge in [0.1, 0.15) is 35.7 Å². The van der Waals surface area contributed by atoms with Crippen molar-refractivity contribution in [2.45, 2.75) is 74.8 Å². The first-order valence-corrected chi connectivity index (χ1v) is 14.2. The number of oxazole rings is 1. The molecule has 2 amide bonds. The van der Waals surface area contributed by atoms with Gasteiger partial charge in [-0.05, 0) is 50.0 Å². The Morgan fingerprint density at radius 1 is 1.28 bits per heavy atom. The standard InChI is InChI=1S/C30H33F3N4O6/c1-2-20-17-42-28(35-20)43-22-14-24-25(38)36-29(27(40)41)15-19(29)9-6-4-3-5-7-12-23(26(39)37(24)16-22)34-21-11-8-10-18(13-21)30(31,32)33/h2,6,8-11,13,17,19,22-24,34H,1,3-5,7,12,14-16H2,(H,36,38)(H,40,41)/b9-6-/t19-,22-,23+,24+,29-/m1/s1. The van der Waals surface area contributed by atoms with Crippen LogP contribution in [-0.2, 0) is 20.6 Å². The van der Waals surface area contributed by atoms with Crippen LogP contribution < -0.4 is 15.4 Å². The van der Waals surface area contributed by atoms with Crippen molar-refractivity contribution >= 4 is 29.5 Å².